The van der Waals surface area contributed by atoms with Crippen molar-refractivity contribution in [3.63, 3.8) is 0 Å². The molecule has 0 saturated heterocycles. The zero-order valence-corrected chi connectivity index (χ0v) is 14.7. The van der Waals surface area contributed by atoms with Gasteiger partial charge in [-0.05, 0) is 42.0 Å². The van der Waals surface area contributed by atoms with Gasteiger partial charge in [-0.25, -0.2) is 0 Å². The van der Waals surface area contributed by atoms with Crippen molar-refractivity contribution in [1.82, 2.24) is 4.98 Å². The van der Waals surface area contributed by atoms with E-state index in [1.165, 1.54) is 11.8 Å². The average molecular weight is 380 g/mol. The molecule has 1 N–H and O–H groups in total. The Balaban J connectivity index is 1.94. The molecule has 0 amide bonds. The van der Waals surface area contributed by atoms with Gasteiger partial charge in [0.05, 0.1) is 26.3 Å². The van der Waals surface area contributed by atoms with Gasteiger partial charge in [-0.2, -0.15) is 5.26 Å². The van der Waals surface area contributed by atoms with Crippen LogP contribution in [-0.4, -0.2) is 4.98 Å². The third-order valence-electron chi connectivity index (χ3n) is 3.17. The smallest absolute Gasteiger partial charge is 0.101 e. The van der Waals surface area contributed by atoms with Crippen LogP contribution in [0.25, 0.3) is 11.3 Å². The summed E-state index contributed by atoms with van der Waals surface area (Å²) in [5.74, 6) is 0. The Bertz CT molecular complexity index is 895. The molecular formula is C17H9Cl3N2S. The van der Waals surface area contributed by atoms with Gasteiger partial charge in [0, 0.05) is 9.92 Å². The molecule has 23 heavy (non-hydrogen) atoms. The van der Waals surface area contributed by atoms with E-state index < -0.39 is 0 Å². The third-order valence-corrected chi connectivity index (χ3v) is 5.09. The fourth-order valence-electron chi connectivity index (χ4n) is 2.08. The number of benzene rings is 2. The van der Waals surface area contributed by atoms with E-state index in [4.69, 9.17) is 34.8 Å². The maximum Gasteiger partial charge on any atom is 0.101 e. The summed E-state index contributed by atoms with van der Waals surface area (Å²) in [7, 11) is 0. The van der Waals surface area contributed by atoms with Crippen LogP contribution in [-0.2, 0) is 0 Å². The lowest BCUT2D eigenvalue weighted by atomic mass is 10.1. The maximum atomic E-state index is 9.35. The van der Waals surface area contributed by atoms with Crippen molar-refractivity contribution in [1.29, 1.82) is 5.26 Å². The zero-order chi connectivity index (χ0) is 16.4. The van der Waals surface area contributed by atoms with Crippen LogP contribution in [0.15, 0.2) is 58.5 Å². The second-order valence-corrected chi connectivity index (χ2v) is 7.09. The summed E-state index contributed by atoms with van der Waals surface area (Å²) in [6.07, 6.45) is 0. The van der Waals surface area contributed by atoms with Crippen LogP contribution in [0.4, 0.5) is 0 Å². The van der Waals surface area contributed by atoms with E-state index in [1.807, 2.05) is 24.3 Å². The van der Waals surface area contributed by atoms with Crippen LogP contribution >= 0.6 is 46.6 Å². The molecule has 1 aromatic heterocycles. The zero-order valence-electron chi connectivity index (χ0n) is 11.6. The summed E-state index contributed by atoms with van der Waals surface area (Å²) in [5.41, 5.74) is 2.26. The number of aromatic nitrogens is 1. The lowest BCUT2D eigenvalue weighted by Gasteiger charge is -2.02. The molecule has 0 atom stereocenters. The van der Waals surface area contributed by atoms with Crippen LogP contribution in [0.2, 0.25) is 15.1 Å². The summed E-state index contributed by atoms with van der Waals surface area (Å²) in [6.45, 7) is 0. The minimum absolute atomic E-state index is 0.502. The van der Waals surface area contributed by atoms with Gasteiger partial charge in [0.2, 0.25) is 0 Å². The monoisotopic (exact) mass is 378 g/mol. The lowest BCUT2D eigenvalue weighted by molar-refractivity contribution is 1.20. The van der Waals surface area contributed by atoms with Crippen molar-refractivity contribution in [3.05, 3.63) is 69.2 Å². The van der Waals surface area contributed by atoms with Gasteiger partial charge in [-0.3, -0.25) is 0 Å². The van der Waals surface area contributed by atoms with Crippen LogP contribution < -0.4 is 0 Å². The first-order valence-electron chi connectivity index (χ1n) is 6.59. The lowest BCUT2D eigenvalue weighted by Crippen LogP contribution is -1.81. The van der Waals surface area contributed by atoms with Crippen molar-refractivity contribution in [3.8, 4) is 17.3 Å². The second kappa shape index (κ2) is 6.90. The molecule has 0 spiro atoms. The molecule has 0 radical (unpaired) electrons. The first-order chi connectivity index (χ1) is 11.1. The van der Waals surface area contributed by atoms with Gasteiger partial charge < -0.3 is 4.98 Å². The van der Waals surface area contributed by atoms with E-state index in [2.05, 4.69) is 11.1 Å². The minimum Gasteiger partial charge on any atom is -0.348 e. The normalized spacial score (nSPS) is 10.5. The van der Waals surface area contributed by atoms with Gasteiger partial charge in [-0.15, -0.1) is 0 Å². The Kier molecular flexibility index (Phi) is 4.89. The summed E-state index contributed by atoms with van der Waals surface area (Å²) >= 11 is 19.4. The summed E-state index contributed by atoms with van der Waals surface area (Å²) in [4.78, 5) is 4.21. The van der Waals surface area contributed by atoms with Crippen LogP contribution in [0, 0.1) is 11.3 Å². The average Bonchev–Trinajstić information content (AvgIpc) is 2.94. The number of rotatable bonds is 3. The molecule has 2 aromatic carbocycles. The van der Waals surface area contributed by atoms with Gasteiger partial charge in [-0.1, -0.05) is 58.7 Å². The fourth-order valence-corrected chi connectivity index (χ4v) is 3.47. The van der Waals surface area contributed by atoms with Crippen molar-refractivity contribution < 1.29 is 0 Å². The summed E-state index contributed by atoms with van der Waals surface area (Å²) in [6, 6.07) is 16.8. The number of nitrogens with one attached hydrogen (secondary N) is 1. The Morgan fingerprint density at radius 3 is 2.30 bits per heavy atom. The van der Waals surface area contributed by atoms with Crippen molar-refractivity contribution in [2.24, 2.45) is 0 Å². The first kappa shape index (κ1) is 16.3. The minimum atomic E-state index is 0.502. The predicted octanol–water partition coefficient (Wildman–Crippen LogP) is 6.66. The number of aromatic amines is 1. The first-order valence-corrected chi connectivity index (χ1v) is 8.54. The molecule has 114 valence electrons. The van der Waals surface area contributed by atoms with Gasteiger partial charge in [0.25, 0.3) is 0 Å². The molecule has 3 rings (SSSR count). The Labute approximate surface area is 153 Å². The van der Waals surface area contributed by atoms with E-state index in [9.17, 15) is 5.26 Å². The molecule has 3 aromatic rings. The van der Waals surface area contributed by atoms with E-state index in [1.54, 1.807) is 24.3 Å². The molecule has 0 saturated carbocycles. The maximum absolute atomic E-state index is 9.35. The standard InChI is InChI=1S/C17H9Cl3N2S/c18-12-3-1-10(2-4-12)17-11(9-21)7-16(22-17)23-13-5-6-14(19)15(20)8-13/h1-8,22H. The number of halogens is 3. The quantitative estimate of drug-likeness (QED) is 0.552. The topological polar surface area (TPSA) is 39.6 Å². The largest absolute Gasteiger partial charge is 0.348 e. The SMILES string of the molecule is N#Cc1cc(Sc2ccc(Cl)c(Cl)c2)[nH]c1-c1ccc(Cl)cc1. The molecule has 0 unspecified atom stereocenters. The highest BCUT2D eigenvalue weighted by atomic mass is 35.5. The van der Waals surface area contributed by atoms with E-state index >= 15 is 0 Å². The van der Waals surface area contributed by atoms with E-state index in [-0.39, 0.29) is 0 Å². The molecule has 2 nitrogen and oxygen atoms in total. The number of hydrogen-bond donors (Lipinski definition) is 1. The van der Waals surface area contributed by atoms with Gasteiger partial charge in [0.15, 0.2) is 0 Å². The van der Waals surface area contributed by atoms with Crippen molar-refractivity contribution >= 4 is 46.6 Å². The summed E-state index contributed by atoms with van der Waals surface area (Å²) < 4.78 is 0. The number of nitriles is 1. The second-order valence-electron chi connectivity index (χ2n) is 4.72. The molecule has 0 fully saturated rings. The third kappa shape index (κ3) is 3.68. The Hall–Kier alpha value is -1.57. The van der Waals surface area contributed by atoms with Crippen LogP contribution in [0.3, 0.4) is 0 Å². The molecule has 0 aliphatic heterocycles. The van der Waals surface area contributed by atoms with Crippen molar-refractivity contribution in [2.45, 2.75) is 9.92 Å². The molecule has 6 heteroatoms. The molecule has 0 bridgehead atoms. The highest BCUT2D eigenvalue weighted by Gasteiger charge is 2.11. The highest BCUT2D eigenvalue weighted by Crippen LogP contribution is 2.35. The molecule has 1 heterocycles. The molecular weight excluding hydrogens is 371 g/mol. The van der Waals surface area contributed by atoms with Gasteiger partial charge >= 0.3 is 0 Å². The number of hydrogen-bond acceptors (Lipinski definition) is 2. The van der Waals surface area contributed by atoms with Crippen LogP contribution in [0.1, 0.15) is 5.56 Å². The Morgan fingerprint density at radius 2 is 1.65 bits per heavy atom. The number of nitrogens with zero attached hydrogens (tertiary/aromatic N) is 1. The molecule has 0 aliphatic carbocycles. The Morgan fingerprint density at radius 1 is 0.913 bits per heavy atom. The van der Waals surface area contributed by atoms with E-state index in [0.29, 0.717) is 20.6 Å². The van der Waals surface area contributed by atoms with Crippen molar-refractivity contribution in [2.75, 3.05) is 0 Å². The highest BCUT2D eigenvalue weighted by molar-refractivity contribution is 7.99. The fraction of sp³-hybridized carbons (Fsp3) is 0. The molecule has 0 aliphatic rings. The predicted molar refractivity (Wildman–Crippen MR) is 96.5 cm³/mol. The number of H-pyrrole nitrogens is 1. The van der Waals surface area contributed by atoms with Gasteiger partial charge in [0.1, 0.15) is 6.07 Å². The van der Waals surface area contributed by atoms with E-state index in [0.717, 1.165) is 21.2 Å². The van der Waals surface area contributed by atoms with Crippen LogP contribution in [0.5, 0.6) is 0 Å². The summed E-state index contributed by atoms with van der Waals surface area (Å²) in [5, 5.41) is 11.9.